The molecule has 16 heavy (non-hydrogen) atoms. The van der Waals surface area contributed by atoms with Crippen molar-refractivity contribution in [3.05, 3.63) is 22.6 Å². The lowest BCUT2D eigenvalue weighted by atomic mass is 10.2. The van der Waals surface area contributed by atoms with Crippen LogP contribution in [0, 0.1) is 0 Å². The number of carbonyl (C=O) groups excluding carboxylic acids is 1. The predicted molar refractivity (Wildman–Crippen MR) is 66.8 cm³/mol. The van der Waals surface area contributed by atoms with Gasteiger partial charge in [0.2, 0.25) is 0 Å². The zero-order valence-electron chi connectivity index (χ0n) is 8.69. The predicted octanol–water partition coefficient (Wildman–Crippen LogP) is 2.03. The van der Waals surface area contributed by atoms with Gasteiger partial charge in [0.05, 0.1) is 5.56 Å². The minimum absolute atomic E-state index is 0. The zero-order chi connectivity index (χ0) is 10.8. The van der Waals surface area contributed by atoms with Gasteiger partial charge in [-0.1, -0.05) is 0 Å². The molecule has 1 amide bonds. The van der Waals surface area contributed by atoms with Crippen LogP contribution in [0.5, 0.6) is 0 Å². The zero-order valence-corrected chi connectivity index (χ0v) is 11.1. The van der Waals surface area contributed by atoms with E-state index in [2.05, 4.69) is 15.9 Å². The number of halogens is 2. The second-order valence-electron chi connectivity index (χ2n) is 3.67. The third-order valence-electron chi connectivity index (χ3n) is 2.72. The van der Waals surface area contributed by atoms with E-state index in [4.69, 9.17) is 10.2 Å². The summed E-state index contributed by atoms with van der Waals surface area (Å²) >= 11 is 3.18. The van der Waals surface area contributed by atoms with Gasteiger partial charge in [0.25, 0.3) is 5.91 Å². The van der Waals surface area contributed by atoms with Crippen molar-refractivity contribution < 1.29 is 9.21 Å². The molecule has 0 aliphatic carbocycles. The van der Waals surface area contributed by atoms with Crippen molar-refractivity contribution >= 4 is 34.2 Å². The molecule has 2 heterocycles. The van der Waals surface area contributed by atoms with Crippen LogP contribution in [0.2, 0.25) is 0 Å². The van der Waals surface area contributed by atoms with Crippen LogP contribution in [-0.2, 0) is 0 Å². The van der Waals surface area contributed by atoms with Crippen molar-refractivity contribution in [1.29, 1.82) is 0 Å². The summed E-state index contributed by atoms with van der Waals surface area (Å²) in [5.74, 6) is 0.0115. The molecule has 0 spiro atoms. The summed E-state index contributed by atoms with van der Waals surface area (Å²) in [4.78, 5) is 13.8. The van der Waals surface area contributed by atoms with Crippen LogP contribution >= 0.6 is 28.3 Å². The maximum atomic E-state index is 12.0. The van der Waals surface area contributed by atoms with Crippen molar-refractivity contribution in [2.45, 2.75) is 18.9 Å². The molecule has 6 heteroatoms. The number of carbonyl (C=O) groups is 1. The van der Waals surface area contributed by atoms with Gasteiger partial charge in [0.15, 0.2) is 4.67 Å². The summed E-state index contributed by atoms with van der Waals surface area (Å²) in [6.07, 6.45) is 3.51. The highest BCUT2D eigenvalue weighted by Gasteiger charge is 2.28. The number of hydrogen-bond donors (Lipinski definition) is 1. The van der Waals surface area contributed by atoms with Crippen molar-refractivity contribution in [3.8, 4) is 0 Å². The standard InChI is InChI=1S/C10H13BrN2O2.ClH/c11-9-4-7(6-15-9)10(14)13-3-1-2-8(13)5-12;/h4,6,8H,1-3,5,12H2;1H. The molecule has 1 aromatic rings. The average Bonchev–Trinajstić information content (AvgIpc) is 2.84. The van der Waals surface area contributed by atoms with Gasteiger partial charge in [0.1, 0.15) is 6.26 Å². The van der Waals surface area contributed by atoms with Crippen LogP contribution < -0.4 is 5.73 Å². The van der Waals surface area contributed by atoms with Gasteiger partial charge in [0, 0.05) is 25.2 Å². The van der Waals surface area contributed by atoms with Gasteiger partial charge in [-0.3, -0.25) is 4.79 Å². The molecule has 1 aromatic heterocycles. The fourth-order valence-electron chi connectivity index (χ4n) is 1.94. The largest absolute Gasteiger partial charge is 0.457 e. The number of nitrogens with zero attached hydrogens (tertiary/aromatic N) is 1. The molecule has 2 rings (SSSR count). The SMILES string of the molecule is Cl.NCC1CCCN1C(=O)c1coc(Br)c1. The van der Waals surface area contributed by atoms with Crippen LogP contribution in [0.4, 0.5) is 0 Å². The smallest absolute Gasteiger partial charge is 0.257 e. The molecule has 0 radical (unpaired) electrons. The van der Waals surface area contributed by atoms with E-state index in [0.717, 1.165) is 19.4 Å². The minimum atomic E-state index is 0. The first-order valence-electron chi connectivity index (χ1n) is 4.97. The molecule has 1 aliphatic heterocycles. The normalized spacial score (nSPS) is 19.6. The second kappa shape index (κ2) is 5.70. The van der Waals surface area contributed by atoms with E-state index in [1.165, 1.54) is 6.26 Å². The van der Waals surface area contributed by atoms with Crippen molar-refractivity contribution in [2.75, 3.05) is 13.1 Å². The highest BCUT2D eigenvalue weighted by Crippen LogP contribution is 2.21. The molecule has 1 unspecified atom stereocenters. The van der Waals surface area contributed by atoms with Crippen LogP contribution in [-0.4, -0.2) is 29.9 Å². The maximum Gasteiger partial charge on any atom is 0.257 e. The van der Waals surface area contributed by atoms with Crippen LogP contribution in [0.15, 0.2) is 21.4 Å². The van der Waals surface area contributed by atoms with Crippen LogP contribution in [0.1, 0.15) is 23.2 Å². The Morgan fingerprint density at radius 3 is 3.00 bits per heavy atom. The minimum Gasteiger partial charge on any atom is -0.457 e. The van der Waals surface area contributed by atoms with E-state index in [9.17, 15) is 4.79 Å². The Bertz CT molecular complexity index is 369. The van der Waals surface area contributed by atoms with Gasteiger partial charge < -0.3 is 15.1 Å². The number of likely N-dealkylation sites (tertiary alicyclic amines) is 1. The van der Waals surface area contributed by atoms with E-state index in [1.54, 1.807) is 6.07 Å². The number of nitrogens with two attached hydrogens (primary N) is 1. The van der Waals surface area contributed by atoms with E-state index in [0.29, 0.717) is 16.8 Å². The summed E-state index contributed by atoms with van der Waals surface area (Å²) in [6.45, 7) is 1.33. The van der Waals surface area contributed by atoms with Crippen molar-refractivity contribution in [2.24, 2.45) is 5.73 Å². The summed E-state index contributed by atoms with van der Waals surface area (Å²) < 4.78 is 5.63. The van der Waals surface area contributed by atoms with Crippen molar-refractivity contribution in [3.63, 3.8) is 0 Å². The highest BCUT2D eigenvalue weighted by atomic mass is 79.9. The van der Waals surface area contributed by atoms with Crippen molar-refractivity contribution in [1.82, 2.24) is 4.90 Å². The molecule has 90 valence electrons. The molecule has 1 aliphatic rings. The number of amides is 1. The number of hydrogen-bond acceptors (Lipinski definition) is 3. The third-order valence-corrected chi connectivity index (χ3v) is 3.14. The van der Waals surface area contributed by atoms with Gasteiger partial charge in [-0.25, -0.2) is 0 Å². The maximum absolute atomic E-state index is 12.0. The van der Waals surface area contributed by atoms with Gasteiger partial charge in [-0.05, 0) is 28.8 Å². The molecule has 0 saturated carbocycles. The summed E-state index contributed by atoms with van der Waals surface area (Å²) in [5, 5.41) is 0. The Morgan fingerprint density at radius 1 is 1.69 bits per heavy atom. The molecule has 1 saturated heterocycles. The van der Waals surface area contributed by atoms with E-state index in [1.807, 2.05) is 4.90 Å². The molecule has 4 nitrogen and oxygen atoms in total. The summed E-state index contributed by atoms with van der Waals surface area (Å²) in [6, 6.07) is 1.87. The Labute approximate surface area is 109 Å². The third kappa shape index (κ3) is 2.59. The van der Waals surface area contributed by atoms with Crippen LogP contribution in [0.3, 0.4) is 0 Å². The molecule has 1 fully saturated rings. The fourth-order valence-corrected chi connectivity index (χ4v) is 2.28. The fraction of sp³-hybridized carbons (Fsp3) is 0.500. The summed E-state index contributed by atoms with van der Waals surface area (Å²) in [7, 11) is 0. The topological polar surface area (TPSA) is 59.5 Å². The molecular formula is C10H14BrClN2O2. The van der Waals surface area contributed by atoms with E-state index >= 15 is 0 Å². The number of furan rings is 1. The molecule has 0 aromatic carbocycles. The van der Waals surface area contributed by atoms with Gasteiger partial charge >= 0.3 is 0 Å². The monoisotopic (exact) mass is 308 g/mol. The van der Waals surface area contributed by atoms with Crippen LogP contribution in [0.25, 0.3) is 0 Å². The van der Waals surface area contributed by atoms with Gasteiger partial charge in [-0.2, -0.15) is 0 Å². The molecule has 0 bridgehead atoms. The quantitative estimate of drug-likeness (QED) is 0.909. The van der Waals surface area contributed by atoms with Gasteiger partial charge in [-0.15, -0.1) is 12.4 Å². The number of rotatable bonds is 2. The molecule has 1 atom stereocenters. The summed E-state index contributed by atoms with van der Waals surface area (Å²) in [5.41, 5.74) is 6.20. The Kier molecular flexibility index (Phi) is 4.83. The lowest BCUT2D eigenvalue weighted by molar-refractivity contribution is 0.0740. The second-order valence-corrected chi connectivity index (χ2v) is 4.45. The first-order chi connectivity index (χ1) is 7.22. The highest BCUT2D eigenvalue weighted by molar-refractivity contribution is 9.10. The lowest BCUT2D eigenvalue weighted by Gasteiger charge is -2.22. The Morgan fingerprint density at radius 2 is 2.44 bits per heavy atom. The van der Waals surface area contributed by atoms with E-state index in [-0.39, 0.29) is 24.4 Å². The first-order valence-corrected chi connectivity index (χ1v) is 5.76. The molecular weight excluding hydrogens is 295 g/mol. The Hall–Kier alpha value is -0.520. The molecule has 2 N–H and O–H groups in total. The lowest BCUT2D eigenvalue weighted by Crippen LogP contribution is -2.39. The average molecular weight is 310 g/mol. The van der Waals surface area contributed by atoms with E-state index < -0.39 is 0 Å². The Balaban J connectivity index is 0.00000128. The first kappa shape index (κ1) is 13.5.